The van der Waals surface area contributed by atoms with Crippen LogP contribution in [0.4, 0.5) is 0 Å². The molecule has 1 unspecified atom stereocenters. The molecule has 2 rings (SSSR count). The summed E-state index contributed by atoms with van der Waals surface area (Å²) in [5.41, 5.74) is 7.00. The molecule has 0 bridgehead atoms. The van der Waals surface area contributed by atoms with Crippen LogP contribution in [0.1, 0.15) is 25.8 Å². The third kappa shape index (κ3) is 4.10. The number of aryl methyl sites for hydroxylation is 1. The second-order valence-corrected chi connectivity index (χ2v) is 4.87. The van der Waals surface area contributed by atoms with Gasteiger partial charge in [0.2, 0.25) is 0 Å². The standard InChI is InChI=1S/C15H21N3O/c1-3-8-18-11-15(10-17-18)19-14-6-4-13(5-7-14)9-12(2)16/h4-7,10-12H,3,8-9,16H2,1-2H3. The maximum absolute atomic E-state index is 5.78. The van der Waals surface area contributed by atoms with Crippen LogP contribution < -0.4 is 10.5 Å². The first kappa shape index (κ1) is 13.6. The van der Waals surface area contributed by atoms with Crippen molar-refractivity contribution in [1.82, 2.24) is 9.78 Å². The largest absolute Gasteiger partial charge is 0.454 e. The molecule has 0 aliphatic rings. The van der Waals surface area contributed by atoms with E-state index in [0.29, 0.717) is 0 Å². The predicted octanol–water partition coefficient (Wildman–Crippen LogP) is 2.98. The Morgan fingerprint density at radius 2 is 2.00 bits per heavy atom. The van der Waals surface area contributed by atoms with Crippen molar-refractivity contribution in [3.63, 3.8) is 0 Å². The van der Waals surface area contributed by atoms with Crippen LogP contribution >= 0.6 is 0 Å². The van der Waals surface area contributed by atoms with Crippen molar-refractivity contribution in [2.24, 2.45) is 5.73 Å². The highest BCUT2D eigenvalue weighted by molar-refractivity contribution is 5.31. The van der Waals surface area contributed by atoms with Crippen molar-refractivity contribution in [3.05, 3.63) is 42.2 Å². The molecule has 0 saturated heterocycles. The van der Waals surface area contributed by atoms with E-state index in [2.05, 4.69) is 24.2 Å². The van der Waals surface area contributed by atoms with Crippen LogP contribution in [0, 0.1) is 0 Å². The van der Waals surface area contributed by atoms with Crippen LogP contribution in [0.2, 0.25) is 0 Å². The first-order valence-electron chi connectivity index (χ1n) is 6.72. The Bertz CT molecular complexity index is 502. The van der Waals surface area contributed by atoms with E-state index in [9.17, 15) is 0 Å². The fourth-order valence-electron chi connectivity index (χ4n) is 1.95. The van der Waals surface area contributed by atoms with Gasteiger partial charge in [-0.1, -0.05) is 19.1 Å². The fraction of sp³-hybridized carbons (Fsp3) is 0.400. The number of nitrogens with zero attached hydrogens (tertiary/aromatic N) is 2. The summed E-state index contributed by atoms with van der Waals surface area (Å²) < 4.78 is 7.64. The number of hydrogen-bond donors (Lipinski definition) is 1. The molecule has 2 aromatic rings. The molecule has 0 aliphatic heterocycles. The molecule has 0 fully saturated rings. The molecule has 0 saturated carbocycles. The molecule has 1 aromatic heterocycles. The number of aromatic nitrogens is 2. The van der Waals surface area contributed by atoms with E-state index in [0.717, 1.165) is 30.9 Å². The van der Waals surface area contributed by atoms with E-state index in [1.54, 1.807) is 6.20 Å². The molecule has 1 atom stereocenters. The lowest BCUT2D eigenvalue weighted by Crippen LogP contribution is -2.17. The van der Waals surface area contributed by atoms with Crippen molar-refractivity contribution in [2.75, 3.05) is 0 Å². The topological polar surface area (TPSA) is 53.1 Å². The van der Waals surface area contributed by atoms with Crippen molar-refractivity contribution in [2.45, 2.75) is 39.3 Å². The van der Waals surface area contributed by atoms with E-state index in [-0.39, 0.29) is 6.04 Å². The molecule has 0 spiro atoms. The lowest BCUT2D eigenvalue weighted by molar-refractivity contribution is 0.480. The predicted molar refractivity (Wildman–Crippen MR) is 76.4 cm³/mol. The summed E-state index contributed by atoms with van der Waals surface area (Å²) in [6.07, 6.45) is 5.60. The summed E-state index contributed by atoms with van der Waals surface area (Å²) in [7, 11) is 0. The van der Waals surface area contributed by atoms with E-state index in [1.807, 2.05) is 29.9 Å². The summed E-state index contributed by atoms with van der Waals surface area (Å²) in [5, 5.41) is 4.23. The Kier molecular flexibility index (Phi) is 4.58. The average Bonchev–Trinajstić information content (AvgIpc) is 2.79. The second kappa shape index (κ2) is 6.38. The third-order valence-corrected chi connectivity index (χ3v) is 2.78. The number of hydrogen-bond acceptors (Lipinski definition) is 3. The number of rotatable bonds is 6. The monoisotopic (exact) mass is 259 g/mol. The molecule has 19 heavy (non-hydrogen) atoms. The van der Waals surface area contributed by atoms with Gasteiger partial charge in [-0.05, 0) is 37.5 Å². The Morgan fingerprint density at radius 1 is 1.26 bits per heavy atom. The summed E-state index contributed by atoms with van der Waals surface area (Å²) in [4.78, 5) is 0. The molecule has 1 aromatic carbocycles. The van der Waals surface area contributed by atoms with Gasteiger partial charge in [0.05, 0.1) is 12.4 Å². The second-order valence-electron chi connectivity index (χ2n) is 4.87. The summed E-state index contributed by atoms with van der Waals surface area (Å²) in [6.45, 7) is 5.04. The Labute approximate surface area is 114 Å². The summed E-state index contributed by atoms with van der Waals surface area (Å²) >= 11 is 0. The Balaban J connectivity index is 1.98. The fourth-order valence-corrected chi connectivity index (χ4v) is 1.95. The highest BCUT2D eigenvalue weighted by atomic mass is 16.5. The first-order chi connectivity index (χ1) is 9.17. The molecule has 1 heterocycles. The zero-order chi connectivity index (χ0) is 13.7. The van der Waals surface area contributed by atoms with Gasteiger partial charge in [0.15, 0.2) is 5.75 Å². The van der Waals surface area contributed by atoms with Crippen LogP contribution in [-0.2, 0) is 13.0 Å². The lowest BCUT2D eigenvalue weighted by Gasteiger charge is -2.07. The molecule has 4 heteroatoms. The highest BCUT2D eigenvalue weighted by Crippen LogP contribution is 2.21. The summed E-state index contributed by atoms with van der Waals surface area (Å²) in [5.74, 6) is 1.60. The first-order valence-corrected chi connectivity index (χ1v) is 6.72. The van der Waals surface area contributed by atoms with Crippen LogP contribution in [0.15, 0.2) is 36.7 Å². The van der Waals surface area contributed by atoms with Gasteiger partial charge in [-0.3, -0.25) is 4.68 Å². The van der Waals surface area contributed by atoms with Crippen molar-refractivity contribution >= 4 is 0 Å². The van der Waals surface area contributed by atoms with E-state index < -0.39 is 0 Å². The smallest absolute Gasteiger partial charge is 0.165 e. The molecular weight excluding hydrogens is 238 g/mol. The number of ether oxygens (including phenoxy) is 1. The zero-order valence-electron chi connectivity index (χ0n) is 11.5. The number of benzene rings is 1. The minimum atomic E-state index is 0.180. The van der Waals surface area contributed by atoms with E-state index >= 15 is 0 Å². The van der Waals surface area contributed by atoms with Gasteiger partial charge in [0.1, 0.15) is 5.75 Å². The summed E-state index contributed by atoms with van der Waals surface area (Å²) in [6, 6.07) is 8.22. The molecule has 102 valence electrons. The van der Waals surface area contributed by atoms with E-state index in [1.165, 1.54) is 5.56 Å². The van der Waals surface area contributed by atoms with Crippen molar-refractivity contribution < 1.29 is 4.74 Å². The van der Waals surface area contributed by atoms with Gasteiger partial charge >= 0.3 is 0 Å². The van der Waals surface area contributed by atoms with E-state index in [4.69, 9.17) is 10.5 Å². The van der Waals surface area contributed by atoms with Gasteiger partial charge < -0.3 is 10.5 Å². The SMILES string of the molecule is CCCn1cc(Oc2ccc(CC(C)N)cc2)cn1. The Hall–Kier alpha value is -1.81. The van der Waals surface area contributed by atoms with Crippen molar-refractivity contribution in [3.8, 4) is 11.5 Å². The van der Waals surface area contributed by atoms with Gasteiger partial charge in [-0.25, -0.2) is 0 Å². The molecule has 0 amide bonds. The minimum Gasteiger partial charge on any atom is -0.454 e. The van der Waals surface area contributed by atoms with Crippen LogP contribution in [-0.4, -0.2) is 15.8 Å². The van der Waals surface area contributed by atoms with Crippen LogP contribution in [0.5, 0.6) is 11.5 Å². The number of nitrogens with two attached hydrogens (primary N) is 1. The van der Waals surface area contributed by atoms with Gasteiger partial charge in [-0.15, -0.1) is 0 Å². The molecule has 0 radical (unpaired) electrons. The normalized spacial score (nSPS) is 12.4. The lowest BCUT2D eigenvalue weighted by atomic mass is 10.1. The third-order valence-electron chi connectivity index (χ3n) is 2.78. The maximum atomic E-state index is 5.78. The zero-order valence-corrected chi connectivity index (χ0v) is 11.5. The maximum Gasteiger partial charge on any atom is 0.165 e. The molecule has 4 nitrogen and oxygen atoms in total. The molecule has 0 aliphatic carbocycles. The van der Waals surface area contributed by atoms with Crippen LogP contribution in [0.3, 0.4) is 0 Å². The molecule has 2 N–H and O–H groups in total. The highest BCUT2D eigenvalue weighted by Gasteiger charge is 2.02. The van der Waals surface area contributed by atoms with Gasteiger partial charge in [0.25, 0.3) is 0 Å². The van der Waals surface area contributed by atoms with Crippen molar-refractivity contribution in [1.29, 1.82) is 0 Å². The quantitative estimate of drug-likeness (QED) is 0.867. The minimum absolute atomic E-state index is 0.180. The van der Waals surface area contributed by atoms with Crippen LogP contribution in [0.25, 0.3) is 0 Å². The molecular formula is C15H21N3O. The van der Waals surface area contributed by atoms with Gasteiger partial charge in [-0.2, -0.15) is 5.10 Å². The van der Waals surface area contributed by atoms with Gasteiger partial charge in [0, 0.05) is 12.6 Å². The Morgan fingerprint density at radius 3 is 2.63 bits per heavy atom. The average molecular weight is 259 g/mol.